The molecule has 3 aromatic carbocycles. The lowest BCUT2D eigenvalue weighted by molar-refractivity contribution is -0.114. The van der Waals surface area contributed by atoms with Crippen molar-refractivity contribution in [2.24, 2.45) is 0 Å². The Morgan fingerprint density at radius 1 is 0.882 bits per heavy atom. The number of nitrogens with zero attached hydrogens (tertiary/aromatic N) is 3. The van der Waals surface area contributed by atoms with Crippen LogP contribution in [-0.2, 0) is 14.8 Å². The van der Waals surface area contributed by atoms with E-state index in [9.17, 15) is 13.2 Å². The molecule has 0 radical (unpaired) electrons. The molecular formula is C22H15Cl3N4O3S2. The lowest BCUT2D eigenvalue weighted by atomic mass is 10.2. The van der Waals surface area contributed by atoms with Gasteiger partial charge in [0.05, 0.1) is 10.6 Å². The highest BCUT2D eigenvalue weighted by Crippen LogP contribution is 2.29. The maximum atomic E-state index is 13.4. The minimum atomic E-state index is -4.11. The van der Waals surface area contributed by atoms with Gasteiger partial charge in [-0.1, -0.05) is 64.3 Å². The summed E-state index contributed by atoms with van der Waals surface area (Å²) in [5, 5.41) is 12.8. The van der Waals surface area contributed by atoms with Crippen molar-refractivity contribution in [2.45, 2.75) is 4.90 Å². The molecule has 0 saturated carbocycles. The zero-order chi connectivity index (χ0) is 24.3. The molecule has 0 saturated heterocycles. The van der Waals surface area contributed by atoms with E-state index in [0.29, 0.717) is 20.1 Å². The van der Waals surface area contributed by atoms with Crippen molar-refractivity contribution < 1.29 is 13.2 Å². The maximum absolute atomic E-state index is 13.4. The number of halogens is 3. The van der Waals surface area contributed by atoms with Gasteiger partial charge in [-0.25, -0.2) is 8.42 Å². The summed E-state index contributed by atoms with van der Waals surface area (Å²) >= 11 is 19.0. The van der Waals surface area contributed by atoms with E-state index in [0.717, 1.165) is 21.2 Å². The molecule has 7 nitrogen and oxygen atoms in total. The van der Waals surface area contributed by atoms with Crippen LogP contribution in [0.3, 0.4) is 0 Å². The Morgan fingerprint density at radius 3 is 2.18 bits per heavy atom. The second-order valence-corrected chi connectivity index (χ2v) is 11.1. The van der Waals surface area contributed by atoms with Crippen molar-refractivity contribution in [3.05, 3.63) is 87.9 Å². The smallest absolute Gasteiger partial charge is 0.264 e. The highest BCUT2D eigenvalue weighted by atomic mass is 35.5. The minimum absolute atomic E-state index is 0.0226. The summed E-state index contributed by atoms with van der Waals surface area (Å²) in [5.41, 5.74) is 1.02. The molecule has 1 aromatic heterocycles. The molecule has 174 valence electrons. The summed E-state index contributed by atoms with van der Waals surface area (Å²) in [6.45, 7) is -0.513. The van der Waals surface area contributed by atoms with Gasteiger partial charge in [-0.05, 0) is 54.6 Å². The van der Waals surface area contributed by atoms with Crippen LogP contribution < -0.4 is 9.62 Å². The average molecular weight is 554 g/mol. The van der Waals surface area contributed by atoms with E-state index >= 15 is 0 Å². The molecule has 0 bridgehead atoms. The zero-order valence-electron chi connectivity index (χ0n) is 17.2. The van der Waals surface area contributed by atoms with Crippen LogP contribution in [0.4, 0.5) is 10.8 Å². The first-order valence-electron chi connectivity index (χ1n) is 9.65. The molecule has 1 N–H and O–H groups in total. The summed E-state index contributed by atoms with van der Waals surface area (Å²) in [7, 11) is -4.11. The van der Waals surface area contributed by atoms with Gasteiger partial charge in [-0.2, -0.15) is 0 Å². The molecule has 1 amide bonds. The number of carbonyl (C=O) groups excluding carboxylic acids is 1. The fraction of sp³-hybridized carbons (Fsp3) is 0.0455. The topological polar surface area (TPSA) is 92.3 Å². The van der Waals surface area contributed by atoms with Crippen LogP contribution in [0.1, 0.15) is 0 Å². The van der Waals surface area contributed by atoms with Crippen molar-refractivity contribution >= 4 is 72.9 Å². The first-order valence-corrected chi connectivity index (χ1v) is 13.0. The summed E-state index contributed by atoms with van der Waals surface area (Å²) < 4.78 is 27.7. The van der Waals surface area contributed by atoms with E-state index in [4.69, 9.17) is 34.8 Å². The highest BCUT2D eigenvalue weighted by molar-refractivity contribution is 7.92. The van der Waals surface area contributed by atoms with Gasteiger partial charge in [-0.3, -0.25) is 14.4 Å². The summed E-state index contributed by atoms with van der Waals surface area (Å²) in [6, 6.07) is 18.9. The van der Waals surface area contributed by atoms with Crippen molar-refractivity contribution in [3.63, 3.8) is 0 Å². The molecule has 4 aromatic rings. The number of benzene rings is 3. The predicted octanol–water partition coefficient (Wildman–Crippen LogP) is 6.00. The molecule has 4 rings (SSSR count). The Hall–Kier alpha value is -2.69. The van der Waals surface area contributed by atoms with Crippen LogP contribution >= 0.6 is 46.1 Å². The van der Waals surface area contributed by atoms with Gasteiger partial charge in [0.15, 0.2) is 0 Å². The molecule has 0 atom stereocenters. The van der Waals surface area contributed by atoms with Crippen molar-refractivity contribution in [1.82, 2.24) is 10.2 Å². The molecular weight excluding hydrogens is 539 g/mol. The Bertz CT molecular complexity index is 1430. The number of rotatable bonds is 7. The Kier molecular flexibility index (Phi) is 7.39. The average Bonchev–Trinajstić information content (AvgIpc) is 3.26. The van der Waals surface area contributed by atoms with Gasteiger partial charge >= 0.3 is 0 Å². The molecule has 0 aliphatic rings. The Balaban J connectivity index is 1.59. The van der Waals surface area contributed by atoms with Crippen LogP contribution in [0.15, 0.2) is 77.7 Å². The van der Waals surface area contributed by atoms with Crippen molar-refractivity contribution in [1.29, 1.82) is 0 Å². The fourth-order valence-electron chi connectivity index (χ4n) is 2.95. The van der Waals surface area contributed by atoms with Crippen LogP contribution in [0.5, 0.6) is 0 Å². The molecule has 0 fully saturated rings. The molecule has 12 heteroatoms. The summed E-state index contributed by atoms with van der Waals surface area (Å²) in [5.74, 6) is -0.601. The van der Waals surface area contributed by atoms with Crippen LogP contribution in [0, 0.1) is 0 Å². The van der Waals surface area contributed by atoms with E-state index in [1.807, 2.05) is 0 Å². The van der Waals surface area contributed by atoms with E-state index in [1.165, 1.54) is 30.3 Å². The largest absolute Gasteiger partial charge is 0.299 e. The third-order valence-corrected chi connectivity index (χ3v) is 7.96. The van der Waals surface area contributed by atoms with E-state index < -0.39 is 22.5 Å². The normalized spacial score (nSPS) is 11.3. The number of carbonyl (C=O) groups is 1. The monoisotopic (exact) mass is 552 g/mol. The zero-order valence-corrected chi connectivity index (χ0v) is 21.1. The number of anilines is 2. The highest BCUT2D eigenvalue weighted by Gasteiger charge is 2.28. The third kappa shape index (κ3) is 5.68. The second-order valence-electron chi connectivity index (χ2n) is 6.91. The summed E-state index contributed by atoms with van der Waals surface area (Å²) in [6.07, 6.45) is 0. The number of nitrogens with one attached hydrogen (secondary N) is 1. The lowest BCUT2D eigenvalue weighted by Crippen LogP contribution is -2.38. The van der Waals surface area contributed by atoms with Crippen molar-refractivity contribution in [3.8, 4) is 10.6 Å². The Labute approximate surface area is 215 Å². The van der Waals surface area contributed by atoms with E-state index in [2.05, 4.69) is 15.5 Å². The molecule has 0 unspecified atom stereocenters. The molecule has 0 aliphatic carbocycles. The maximum Gasteiger partial charge on any atom is 0.264 e. The quantitative estimate of drug-likeness (QED) is 0.303. The SMILES string of the molecule is O=C(CN(c1cccc(Cl)c1)S(=O)(=O)c1ccc(Cl)cc1)Nc1nnc(-c2ccc(Cl)cc2)s1. The standard InChI is InChI=1S/C22H15Cl3N4O3S2/c23-15-6-4-14(5-7-15)21-27-28-22(33-21)26-20(30)13-29(18-3-1-2-17(25)12-18)34(31,32)19-10-8-16(24)9-11-19/h1-12H,13H2,(H,26,28,30). The fourth-order valence-corrected chi connectivity index (χ4v) is 5.57. The molecule has 0 spiro atoms. The van der Waals surface area contributed by atoms with Gasteiger partial charge in [0.1, 0.15) is 11.6 Å². The number of hydrogen-bond acceptors (Lipinski definition) is 6. The summed E-state index contributed by atoms with van der Waals surface area (Å²) in [4.78, 5) is 12.8. The van der Waals surface area contributed by atoms with Gasteiger partial charge in [0.25, 0.3) is 10.0 Å². The first-order chi connectivity index (χ1) is 16.2. The predicted molar refractivity (Wildman–Crippen MR) is 136 cm³/mol. The minimum Gasteiger partial charge on any atom is -0.299 e. The van der Waals surface area contributed by atoms with Gasteiger partial charge in [0, 0.05) is 20.6 Å². The van der Waals surface area contributed by atoms with Crippen LogP contribution in [0.2, 0.25) is 15.1 Å². The molecule has 34 heavy (non-hydrogen) atoms. The number of amides is 1. The number of sulfonamides is 1. The number of hydrogen-bond donors (Lipinski definition) is 1. The van der Waals surface area contributed by atoms with Crippen LogP contribution in [-0.4, -0.2) is 31.1 Å². The molecule has 0 aliphatic heterocycles. The van der Waals surface area contributed by atoms with Gasteiger partial charge in [0.2, 0.25) is 11.0 Å². The van der Waals surface area contributed by atoms with Crippen molar-refractivity contribution in [2.75, 3.05) is 16.2 Å². The molecule has 1 heterocycles. The van der Waals surface area contributed by atoms with Gasteiger partial charge in [-0.15, -0.1) is 10.2 Å². The lowest BCUT2D eigenvalue weighted by Gasteiger charge is -2.24. The van der Waals surface area contributed by atoms with Crippen LogP contribution in [0.25, 0.3) is 10.6 Å². The van der Waals surface area contributed by atoms with E-state index in [-0.39, 0.29) is 15.7 Å². The first kappa shape index (κ1) is 24.4. The number of aromatic nitrogens is 2. The second kappa shape index (κ2) is 10.3. The van der Waals surface area contributed by atoms with Gasteiger partial charge < -0.3 is 0 Å². The third-order valence-electron chi connectivity index (χ3n) is 4.55. The Morgan fingerprint density at radius 2 is 1.53 bits per heavy atom. The van der Waals surface area contributed by atoms with E-state index in [1.54, 1.807) is 42.5 Å².